The van der Waals surface area contributed by atoms with Crippen molar-refractivity contribution < 1.29 is 9.84 Å². The monoisotopic (exact) mass is 255 g/mol. The van der Waals surface area contributed by atoms with Gasteiger partial charge in [0.1, 0.15) is 0 Å². The van der Waals surface area contributed by atoms with Gasteiger partial charge in [0.2, 0.25) is 0 Å². The highest BCUT2D eigenvalue weighted by Crippen LogP contribution is 2.27. The molecule has 1 atom stereocenters. The first-order valence-electron chi connectivity index (χ1n) is 5.78. The van der Waals surface area contributed by atoms with E-state index in [9.17, 15) is 5.11 Å². The maximum absolute atomic E-state index is 9.73. The fourth-order valence-electron chi connectivity index (χ4n) is 1.32. The normalized spacial score (nSPS) is 13.0. The summed E-state index contributed by atoms with van der Waals surface area (Å²) in [5.41, 5.74) is 7.83. The number of rotatable bonds is 6. The third-order valence-electron chi connectivity index (χ3n) is 2.34. The summed E-state index contributed by atoms with van der Waals surface area (Å²) in [4.78, 5) is 1.02. The van der Waals surface area contributed by atoms with E-state index in [2.05, 4.69) is 0 Å². The van der Waals surface area contributed by atoms with Crippen molar-refractivity contribution in [2.45, 2.75) is 37.9 Å². The van der Waals surface area contributed by atoms with Crippen molar-refractivity contribution in [3.63, 3.8) is 0 Å². The van der Waals surface area contributed by atoms with Crippen molar-refractivity contribution in [1.82, 2.24) is 0 Å². The average molecular weight is 255 g/mol. The van der Waals surface area contributed by atoms with Gasteiger partial charge in [0.15, 0.2) is 0 Å². The average Bonchev–Trinajstić information content (AvgIpc) is 2.28. The van der Waals surface area contributed by atoms with Crippen LogP contribution in [0, 0.1) is 6.92 Å². The van der Waals surface area contributed by atoms with E-state index in [1.807, 2.05) is 39.0 Å². The summed E-state index contributed by atoms with van der Waals surface area (Å²) in [5.74, 6) is 0.598. The first kappa shape index (κ1) is 14.4. The summed E-state index contributed by atoms with van der Waals surface area (Å²) in [5, 5.41) is 9.73. The second-order valence-electron chi connectivity index (χ2n) is 4.33. The molecule has 0 aliphatic heterocycles. The Balaban J connectivity index is 2.42. The fourth-order valence-corrected chi connectivity index (χ4v) is 2.28. The molecule has 1 unspecified atom stereocenters. The lowest BCUT2D eigenvalue weighted by Gasteiger charge is -2.14. The highest BCUT2D eigenvalue weighted by atomic mass is 32.2. The molecule has 3 N–H and O–H groups in total. The number of ether oxygens (including phenoxy) is 1. The van der Waals surface area contributed by atoms with Gasteiger partial charge >= 0.3 is 0 Å². The van der Waals surface area contributed by atoms with E-state index < -0.39 is 6.10 Å². The van der Waals surface area contributed by atoms with Crippen molar-refractivity contribution in [2.75, 3.05) is 18.1 Å². The van der Waals surface area contributed by atoms with E-state index in [1.54, 1.807) is 11.8 Å². The topological polar surface area (TPSA) is 55.5 Å². The van der Waals surface area contributed by atoms with E-state index in [0.717, 1.165) is 16.1 Å². The lowest BCUT2D eigenvalue weighted by Crippen LogP contribution is -2.20. The van der Waals surface area contributed by atoms with Gasteiger partial charge in [-0.25, -0.2) is 0 Å². The highest BCUT2D eigenvalue weighted by Gasteiger charge is 2.08. The van der Waals surface area contributed by atoms with Gasteiger partial charge in [-0.1, -0.05) is 12.1 Å². The number of aliphatic hydroxyl groups excluding tert-OH is 1. The quantitative estimate of drug-likeness (QED) is 0.605. The van der Waals surface area contributed by atoms with Crippen LogP contribution < -0.4 is 5.73 Å². The minimum absolute atomic E-state index is 0.152. The number of nitrogen functional groups attached to an aromatic ring is 1. The fraction of sp³-hybridized carbons (Fsp3) is 0.538. The summed E-state index contributed by atoms with van der Waals surface area (Å²) in [6.07, 6.45) is -0.305. The Morgan fingerprint density at radius 2 is 2.12 bits per heavy atom. The molecule has 1 aromatic carbocycles. The van der Waals surface area contributed by atoms with Crippen LogP contribution in [0.5, 0.6) is 0 Å². The number of nitrogens with two attached hydrogens (primary N) is 1. The van der Waals surface area contributed by atoms with E-state index >= 15 is 0 Å². The molecular formula is C13H21NO2S. The predicted molar refractivity (Wildman–Crippen MR) is 73.4 cm³/mol. The van der Waals surface area contributed by atoms with E-state index in [4.69, 9.17) is 10.5 Å². The molecule has 4 heteroatoms. The van der Waals surface area contributed by atoms with Crippen molar-refractivity contribution in [2.24, 2.45) is 0 Å². The molecule has 0 amide bonds. The molecule has 0 heterocycles. The van der Waals surface area contributed by atoms with E-state index in [-0.39, 0.29) is 6.10 Å². The number of thioether (sulfide) groups is 1. The zero-order valence-electron chi connectivity index (χ0n) is 10.6. The first-order chi connectivity index (χ1) is 8.00. The van der Waals surface area contributed by atoms with Crippen molar-refractivity contribution >= 4 is 17.4 Å². The van der Waals surface area contributed by atoms with Gasteiger partial charge in [-0.15, -0.1) is 11.8 Å². The Kier molecular flexibility index (Phi) is 5.82. The van der Waals surface area contributed by atoms with Gasteiger partial charge < -0.3 is 15.6 Å². The molecule has 1 rings (SSSR count). The first-order valence-corrected chi connectivity index (χ1v) is 6.76. The Morgan fingerprint density at radius 3 is 2.76 bits per heavy atom. The Labute approximate surface area is 107 Å². The summed E-state index contributed by atoms with van der Waals surface area (Å²) in [6, 6.07) is 5.94. The van der Waals surface area contributed by atoms with Crippen molar-refractivity contribution in [3.8, 4) is 0 Å². The van der Waals surface area contributed by atoms with Crippen LogP contribution in [0.1, 0.15) is 19.4 Å². The number of para-hydroxylation sites is 1. The second kappa shape index (κ2) is 6.89. The van der Waals surface area contributed by atoms with Gasteiger partial charge in [0.25, 0.3) is 0 Å². The lowest BCUT2D eigenvalue weighted by molar-refractivity contribution is 0.0152. The van der Waals surface area contributed by atoms with Crippen LogP contribution in [0.4, 0.5) is 5.69 Å². The molecule has 0 saturated carbocycles. The molecule has 0 saturated heterocycles. The molecule has 17 heavy (non-hydrogen) atoms. The van der Waals surface area contributed by atoms with Crippen LogP contribution >= 0.6 is 11.8 Å². The zero-order valence-corrected chi connectivity index (χ0v) is 11.5. The number of hydrogen-bond acceptors (Lipinski definition) is 4. The molecule has 3 nitrogen and oxygen atoms in total. The predicted octanol–water partition coefficient (Wildman–Crippen LogP) is 2.46. The second-order valence-corrected chi connectivity index (χ2v) is 5.40. The Bertz CT molecular complexity index is 355. The van der Waals surface area contributed by atoms with Gasteiger partial charge in [-0.05, 0) is 32.4 Å². The third kappa shape index (κ3) is 4.98. The van der Waals surface area contributed by atoms with E-state index in [1.165, 1.54) is 0 Å². The molecule has 0 aliphatic rings. The molecule has 0 aliphatic carbocycles. The Hall–Kier alpha value is -0.710. The van der Waals surface area contributed by atoms with Crippen LogP contribution in [-0.2, 0) is 4.74 Å². The molecule has 0 bridgehead atoms. The summed E-state index contributed by atoms with van der Waals surface area (Å²) in [7, 11) is 0. The van der Waals surface area contributed by atoms with Crippen LogP contribution in [0.3, 0.4) is 0 Å². The minimum atomic E-state index is -0.456. The van der Waals surface area contributed by atoms with Crippen LogP contribution in [0.25, 0.3) is 0 Å². The minimum Gasteiger partial charge on any atom is -0.398 e. The Morgan fingerprint density at radius 1 is 1.41 bits per heavy atom. The molecule has 0 aromatic heterocycles. The van der Waals surface area contributed by atoms with Gasteiger partial charge in [0.05, 0.1) is 18.8 Å². The molecule has 0 fully saturated rings. The molecular weight excluding hydrogens is 234 g/mol. The number of hydrogen-bond donors (Lipinski definition) is 2. The van der Waals surface area contributed by atoms with E-state index in [0.29, 0.717) is 12.4 Å². The van der Waals surface area contributed by atoms with Crippen LogP contribution in [0.2, 0.25) is 0 Å². The van der Waals surface area contributed by atoms with Gasteiger partial charge in [-0.2, -0.15) is 0 Å². The highest BCUT2D eigenvalue weighted by molar-refractivity contribution is 7.99. The lowest BCUT2D eigenvalue weighted by atomic mass is 10.2. The molecule has 0 spiro atoms. The van der Waals surface area contributed by atoms with Crippen molar-refractivity contribution in [1.29, 1.82) is 0 Å². The number of aryl methyl sites for hydroxylation is 1. The smallest absolute Gasteiger partial charge is 0.0867 e. The summed E-state index contributed by atoms with van der Waals surface area (Å²) >= 11 is 1.57. The maximum atomic E-state index is 9.73. The van der Waals surface area contributed by atoms with Crippen LogP contribution in [-0.4, -0.2) is 29.7 Å². The van der Waals surface area contributed by atoms with Crippen molar-refractivity contribution in [3.05, 3.63) is 23.8 Å². The third-order valence-corrected chi connectivity index (χ3v) is 3.56. The SMILES string of the molecule is Cc1cccc(SCC(O)COC(C)C)c1N. The van der Waals surface area contributed by atoms with Crippen LogP contribution in [0.15, 0.2) is 23.1 Å². The number of aliphatic hydroxyl groups is 1. The number of benzene rings is 1. The largest absolute Gasteiger partial charge is 0.398 e. The maximum Gasteiger partial charge on any atom is 0.0867 e. The summed E-state index contributed by atoms with van der Waals surface area (Å²) in [6.45, 7) is 6.27. The molecule has 1 aromatic rings. The molecule has 96 valence electrons. The zero-order chi connectivity index (χ0) is 12.8. The van der Waals surface area contributed by atoms with Gasteiger partial charge in [0, 0.05) is 16.3 Å². The molecule has 0 radical (unpaired) electrons. The summed E-state index contributed by atoms with van der Waals surface area (Å²) < 4.78 is 5.35. The number of anilines is 1. The van der Waals surface area contributed by atoms with Gasteiger partial charge in [-0.3, -0.25) is 0 Å². The standard InChI is InChI=1S/C13H21NO2S/c1-9(2)16-7-11(15)8-17-12-6-4-5-10(3)13(12)14/h4-6,9,11,15H,7-8,14H2,1-3H3.